The summed E-state index contributed by atoms with van der Waals surface area (Å²) in [5.74, 6) is -1.29. The molecule has 29 heavy (non-hydrogen) atoms. The molecule has 0 aliphatic rings. The first-order valence-electron chi connectivity index (χ1n) is 8.92. The van der Waals surface area contributed by atoms with Crippen LogP contribution in [0.2, 0.25) is 0 Å². The van der Waals surface area contributed by atoms with Gasteiger partial charge in [-0.25, -0.2) is 8.78 Å². The molecule has 1 heterocycles. The lowest BCUT2D eigenvalue weighted by Crippen LogP contribution is -2.18. The van der Waals surface area contributed by atoms with E-state index in [4.69, 9.17) is 0 Å². The molecular weight excluding hydrogens is 398 g/mol. The third kappa shape index (κ3) is 4.34. The van der Waals surface area contributed by atoms with Gasteiger partial charge in [0, 0.05) is 47.4 Å². The first-order chi connectivity index (χ1) is 13.6. The van der Waals surface area contributed by atoms with Crippen LogP contribution in [0.15, 0.2) is 58.4 Å². The Kier molecular flexibility index (Phi) is 5.79. The van der Waals surface area contributed by atoms with Crippen LogP contribution >= 0.6 is 10.6 Å². The second-order valence-electron chi connectivity index (χ2n) is 6.74. The number of anilines is 2. The summed E-state index contributed by atoms with van der Waals surface area (Å²) in [6.07, 6.45) is 1.62. The van der Waals surface area contributed by atoms with Crippen LogP contribution in [0.5, 0.6) is 0 Å². The molecule has 0 spiro atoms. The van der Waals surface area contributed by atoms with Crippen LogP contribution in [0.4, 0.5) is 20.2 Å². The minimum atomic E-state index is -2.98. The van der Waals surface area contributed by atoms with Crippen molar-refractivity contribution >= 4 is 22.0 Å². The molecule has 0 unspecified atom stereocenters. The standard InChI is InChI=1S/C21H22F2N2O3S/c1-4-29(27,28)16-6-8-19(24-20-7-5-15(22)10-18(20)23)17(11-16)14-9-13(2)21(26)25(3)12-14/h5-12,24,27-28H,4H2,1-3H3. The zero-order chi connectivity index (χ0) is 21.3. The zero-order valence-electron chi connectivity index (χ0n) is 16.2. The van der Waals surface area contributed by atoms with Crippen LogP contribution in [0.3, 0.4) is 0 Å². The second kappa shape index (κ2) is 7.98. The molecule has 154 valence electrons. The Balaban J connectivity index is 2.19. The van der Waals surface area contributed by atoms with E-state index in [2.05, 4.69) is 5.32 Å². The summed E-state index contributed by atoms with van der Waals surface area (Å²) in [7, 11) is -1.36. The largest absolute Gasteiger partial charge is 0.353 e. The van der Waals surface area contributed by atoms with Gasteiger partial charge in [0.2, 0.25) is 0 Å². The predicted molar refractivity (Wildman–Crippen MR) is 113 cm³/mol. The number of hydrogen-bond acceptors (Lipinski definition) is 4. The number of aryl methyl sites for hydroxylation is 2. The van der Waals surface area contributed by atoms with Crippen LogP contribution in [-0.4, -0.2) is 19.4 Å². The molecule has 8 heteroatoms. The summed E-state index contributed by atoms with van der Waals surface area (Å²) in [4.78, 5) is 12.4. The van der Waals surface area contributed by atoms with Crippen molar-refractivity contribution in [1.29, 1.82) is 0 Å². The van der Waals surface area contributed by atoms with Crippen molar-refractivity contribution in [2.24, 2.45) is 7.05 Å². The van der Waals surface area contributed by atoms with Crippen LogP contribution < -0.4 is 10.9 Å². The van der Waals surface area contributed by atoms with Gasteiger partial charge in [-0.2, -0.15) is 10.6 Å². The predicted octanol–water partition coefficient (Wildman–Crippen LogP) is 5.51. The molecule has 0 saturated carbocycles. The van der Waals surface area contributed by atoms with Gasteiger partial charge in [-0.15, -0.1) is 0 Å². The van der Waals surface area contributed by atoms with E-state index in [0.717, 1.165) is 12.1 Å². The maximum absolute atomic E-state index is 14.2. The molecule has 0 atom stereocenters. The monoisotopic (exact) mass is 420 g/mol. The molecule has 3 N–H and O–H groups in total. The number of nitrogens with one attached hydrogen (secondary N) is 1. The topological polar surface area (TPSA) is 74.5 Å². The smallest absolute Gasteiger partial charge is 0.253 e. The summed E-state index contributed by atoms with van der Waals surface area (Å²) >= 11 is 0. The van der Waals surface area contributed by atoms with Gasteiger partial charge in [-0.05, 0) is 50.2 Å². The summed E-state index contributed by atoms with van der Waals surface area (Å²) in [6.45, 7) is 3.35. The molecule has 0 fully saturated rings. The lowest BCUT2D eigenvalue weighted by atomic mass is 10.0. The molecular formula is C21H22F2N2O3S. The molecule has 2 aromatic carbocycles. The van der Waals surface area contributed by atoms with Crippen LogP contribution in [0.25, 0.3) is 11.1 Å². The Bertz CT molecular complexity index is 1100. The Labute approximate surface area is 169 Å². The lowest BCUT2D eigenvalue weighted by Gasteiger charge is -2.31. The highest BCUT2D eigenvalue weighted by Crippen LogP contribution is 2.49. The van der Waals surface area contributed by atoms with Gasteiger partial charge < -0.3 is 9.88 Å². The Morgan fingerprint density at radius 2 is 1.76 bits per heavy atom. The van der Waals surface area contributed by atoms with E-state index in [0.29, 0.717) is 27.3 Å². The average Bonchev–Trinajstić information content (AvgIpc) is 2.68. The minimum absolute atomic E-state index is 0.0732. The van der Waals surface area contributed by atoms with Gasteiger partial charge in [0.15, 0.2) is 0 Å². The van der Waals surface area contributed by atoms with E-state index in [1.165, 1.54) is 10.6 Å². The number of benzene rings is 2. The fraction of sp³-hybridized carbons (Fsp3) is 0.190. The van der Waals surface area contributed by atoms with Crippen molar-refractivity contribution in [3.63, 3.8) is 0 Å². The molecule has 3 rings (SSSR count). The molecule has 0 bridgehead atoms. The van der Waals surface area contributed by atoms with E-state index >= 15 is 0 Å². The highest BCUT2D eigenvalue weighted by Gasteiger charge is 2.18. The number of rotatable bonds is 5. The van der Waals surface area contributed by atoms with Crippen LogP contribution in [0.1, 0.15) is 12.5 Å². The maximum Gasteiger partial charge on any atom is 0.253 e. The first-order valence-corrected chi connectivity index (χ1v) is 10.6. The fourth-order valence-electron chi connectivity index (χ4n) is 3.00. The Hall–Kier alpha value is -2.68. The van der Waals surface area contributed by atoms with Gasteiger partial charge in [0.05, 0.1) is 10.6 Å². The summed E-state index contributed by atoms with van der Waals surface area (Å²) in [5, 5.41) is 2.93. The quantitative estimate of drug-likeness (QED) is 0.509. The van der Waals surface area contributed by atoms with Crippen molar-refractivity contribution in [2.45, 2.75) is 18.7 Å². The highest BCUT2D eigenvalue weighted by molar-refractivity contribution is 8.24. The third-order valence-corrected chi connectivity index (χ3v) is 6.46. The maximum atomic E-state index is 14.2. The minimum Gasteiger partial charge on any atom is -0.353 e. The Morgan fingerprint density at radius 3 is 2.38 bits per heavy atom. The fourth-order valence-corrected chi connectivity index (χ4v) is 3.93. The molecule has 0 radical (unpaired) electrons. The summed E-state index contributed by atoms with van der Waals surface area (Å²) in [6, 6.07) is 9.67. The third-order valence-electron chi connectivity index (χ3n) is 4.64. The molecule has 0 saturated heterocycles. The van der Waals surface area contributed by atoms with E-state index in [9.17, 15) is 22.7 Å². The normalized spacial score (nSPS) is 12.1. The second-order valence-corrected chi connectivity index (χ2v) is 9.12. The average molecular weight is 420 g/mol. The van der Waals surface area contributed by atoms with Crippen LogP contribution in [0, 0.1) is 18.6 Å². The van der Waals surface area contributed by atoms with Crippen molar-refractivity contribution in [2.75, 3.05) is 11.1 Å². The number of halogens is 2. The van der Waals surface area contributed by atoms with Crippen LogP contribution in [-0.2, 0) is 7.05 Å². The highest BCUT2D eigenvalue weighted by atomic mass is 32.3. The van der Waals surface area contributed by atoms with Crippen molar-refractivity contribution in [1.82, 2.24) is 4.57 Å². The number of nitrogens with zero attached hydrogens (tertiary/aromatic N) is 1. The molecule has 0 aliphatic heterocycles. The van der Waals surface area contributed by atoms with Crippen molar-refractivity contribution in [3.8, 4) is 11.1 Å². The van der Waals surface area contributed by atoms with Gasteiger partial charge in [0.25, 0.3) is 5.56 Å². The van der Waals surface area contributed by atoms with E-state index in [-0.39, 0.29) is 17.0 Å². The zero-order valence-corrected chi connectivity index (χ0v) is 17.1. The SMILES string of the molecule is CCS(O)(O)c1ccc(Nc2ccc(F)cc2F)c(-c2cc(C)c(=O)n(C)c2)c1. The number of hydrogen-bond donors (Lipinski definition) is 3. The van der Waals surface area contributed by atoms with Crippen molar-refractivity contribution in [3.05, 3.63) is 76.2 Å². The molecule has 0 aliphatic carbocycles. The van der Waals surface area contributed by atoms with E-state index in [1.54, 1.807) is 51.4 Å². The first kappa shape index (κ1) is 21.0. The number of pyridine rings is 1. The van der Waals surface area contributed by atoms with Gasteiger partial charge in [-0.1, -0.05) is 0 Å². The molecule has 0 amide bonds. The molecule has 1 aromatic heterocycles. The summed E-state index contributed by atoms with van der Waals surface area (Å²) < 4.78 is 49.5. The van der Waals surface area contributed by atoms with Gasteiger partial charge in [-0.3, -0.25) is 13.9 Å². The van der Waals surface area contributed by atoms with E-state index < -0.39 is 22.2 Å². The van der Waals surface area contributed by atoms with E-state index in [1.807, 2.05) is 0 Å². The van der Waals surface area contributed by atoms with Gasteiger partial charge >= 0.3 is 0 Å². The lowest BCUT2D eigenvalue weighted by molar-refractivity contribution is 0.488. The van der Waals surface area contributed by atoms with Gasteiger partial charge in [0.1, 0.15) is 11.6 Å². The van der Waals surface area contributed by atoms with Crippen molar-refractivity contribution < 1.29 is 17.9 Å². The number of aromatic nitrogens is 1. The molecule has 3 aromatic rings. The molecule has 5 nitrogen and oxygen atoms in total. The Morgan fingerprint density at radius 1 is 1.07 bits per heavy atom. The summed E-state index contributed by atoms with van der Waals surface area (Å²) in [5.41, 5.74) is 2.10.